The quantitative estimate of drug-likeness (QED) is 0.0686. The molecule has 0 spiro atoms. The second-order valence-electron chi connectivity index (χ2n) is 16.6. The van der Waals surface area contributed by atoms with Gasteiger partial charge in [-0.15, -0.1) is 0 Å². The number of hydrogen-bond acceptors (Lipinski definition) is 10. The third-order valence-electron chi connectivity index (χ3n) is 10.6. The normalized spacial score (nSPS) is 17.2. The number of amides is 1. The summed E-state index contributed by atoms with van der Waals surface area (Å²) in [6.45, 7) is -0.547. The first-order valence-electron chi connectivity index (χ1n) is 19.5. The van der Waals surface area contributed by atoms with E-state index in [0.29, 0.717) is 23.3 Å². The van der Waals surface area contributed by atoms with Crippen LogP contribution in [0.4, 0.5) is 49.7 Å². The molecule has 0 bridgehead atoms. The zero-order valence-corrected chi connectivity index (χ0v) is 39.2. The molecule has 1 fully saturated rings. The molecular formula is C40H36ClF10N7O8S3. The van der Waals surface area contributed by atoms with Crippen LogP contribution in [-0.2, 0) is 66.4 Å². The lowest BCUT2D eigenvalue weighted by atomic mass is 9.93. The summed E-state index contributed by atoms with van der Waals surface area (Å²) in [4.78, 5) is 18.5. The van der Waals surface area contributed by atoms with Crippen molar-refractivity contribution in [3.05, 3.63) is 93.0 Å². The fourth-order valence-corrected chi connectivity index (χ4v) is 8.50. The number of nitrogens with zero attached hydrogens (tertiary/aromatic N) is 5. The Morgan fingerprint density at radius 2 is 1.52 bits per heavy atom. The van der Waals surface area contributed by atoms with Crippen molar-refractivity contribution in [2.75, 3.05) is 23.5 Å². The molecule has 3 atom stereocenters. The van der Waals surface area contributed by atoms with Gasteiger partial charge in [-0.25, -0.2) is 30.6 Å². The summed E-state index contributed by atoms with van der Waals surface area (Å²) in [7, 11) is -11.7. The fraction of sp³-hybridized carbons (Fsp3) is 0.400. The van der Waals surface area contributed by atoms with Crippen LogP contribution in [0.1, 0.15) is 66.1 Å². The van der Waals surface area contributed by atoms with Crippen molar-refractivity contribution in [1.82, 2.24) is 29.9 Å². The third kappa shape index (κ3) is 12.1. The van der Waals surface area contributed by atoms with Gasteiger partial charge in [-0.1, -0.05) is 23.6 Å². The summed E-state index contributed by atoms with van der Waals surface area (Å²) >= 11 is 6.46. The molecule has 3 N–H and O–H groups in total. The van der Waals surface area contributed by atoms with E-state index in [1.54, 1.807) is 0 Å². The van der Waals surface area contributed by atoms with Gasteiger partial charge < -0.3 is 5.32 Å². The highest BCUT2D eigenvalue weighted by Gasteiger charge is 2.68. The van der Waals surface area contributed by atoms with E-state index in [4.69, 9.17) is 16.2 Å². The zero-order chi connectivity index (χ0) is 51.8. The average molecular weight is 1060 g/mol. The van der Waals surface area contributed by atoms with Crippen molar-refractivity contribution in [1.29, 1.82) is 0 Å². The monoisotopic (exact) mass is 1060 g/mol. The molecule has 1 unspecified atom stereocenters. The van der Waals surface area contributed by atoms with Gasteiger partial charge in [-0.3, -0.25) is 23.4 Å². The number of halogens is 11. The number of fused-ring (bicyclic) bond motifs is 4. The number of sulfonamides is 1. The van der Waals surface area contributed by atoms with E-state index in [9.17, 15) is 65.2 Å². The van der Waals surface area contributed by atoms with E-state index < -0.39 is 136 Å². The maximum absolute atomic E-state index is 15.5. The zero-order valence-electron chi connectivity index (χ0n) is 36.0. The summed E-state index contributed by atoms with van der Waals surface area (Å²) < 4.78 is 221. The largest absolute Gasteiger partial charge is 0.435 e. The smallest absolute Gasteiger partial charge is 0.346 e. The molecule has 3 aromatic heterocycles. The van der Waals surface area contributed by atoms with E-state index >= 15 is 8.78 Å². The highest BCUT2D eigenvalue weighted by molar-refractivity contribution is 7.92. The number of pyridine rings is 1. The molecule has 2 aliphatic rings. The van der Waals surface area contributed by atoms with E-state index in [1.165, 1.54) is 32.0 Å². The van der Waals surface area contributed by atoms with Crippen molar-refractivity contribution >= 4 is 64.2 Å². The summed E-state index contributed by atoms with van der Waals surface area (Å²) in [5.41, 5.74) is -5.17. The number of sulfone groups is 1. The molecule has 29 heteroatoms. The van der Waals surface area contributed by atoms with Crippen LogP contribution in [-0.4, -0.2) is 89.9 Å². The molecule has 2 aromatic carbocycles. The van der Waals surface area contributed by atoms with Crippen molar-refractivity contribution < 1.29 is 78.5 Å². The molecule has 2 aliphatic carbocycles. The fourth-order valence-electron chi connectivity index (χ4n) is 7.52. The average Bonchev–Trinajstić information content (AvgIpc) is 3.68. The van der Waals surface area contributed by atoms with Crippen molar-refractivity contribution in [3.8, 4) is 23.0 Å². The molecule has 1 amide bonds. The number of alkyl halides is 8. The number of carbonyl (C=O) groups excluding carboxylic acids is 1. The molecular weight excluding hydrogens is 1030 g/mol. The minimum atomic E-state index is -5.19. The molecule has 7 rings (SSSR count). The van der Waals surface area contributed by atoms with E-state index in [-0.39, 0.29) is 49.6 Å². The Hall–Kier alpha value is -5.50. The molecule has 69 heavy (non-hydrogen) atoms. The first kappa shape index (κ1) is 52.9. The van der Waals surface area contributed by atoms with Gasteiger partial charge in [0.2, 0.25) is 15.9 Å². The first-order valence-corrected chi connectivity index (χ1v) is 25.6. The molecule has 0 saturated heterocycles. The lowest BCUT2D eigenvalue weighted by molar-refractivity contribution is -0.142. The Morgan fingerprint density at radius 3 is 2.07 bits per heavy atom. The van der Waals surface area contributed by atoms with E-state index in [2.05, 4.69) is 32.3 Å². The second-order valence-corrected chi connectivity index (χ2v) is 22.8. The number of carbonyl (C=O) groups is 1. The molecule has 3 heterocycles. The highest BCUT2D eigenvalue weighted by Crippen LogP contribution is 2.68. The summed E-state index contributed by atoms with van der Waals surface area (Å²) in [6.07, 6.45) is -8.74. The van der Waals surface area contributed by atoms with Crippen molar-refractivity contribution in [2.24, 2.45) is 5.92 Å². The van der Waals surface area contributed by atoms with Gasteiger partial charge in [0, 0.05) is 34.9 Å². The van der Waals surface area contributed by atoms with Crippen LogP contribution < -0.4 is 10.0 Å². The SMILES string of the molecule is CC(C)(C#Cc1ccc(-c2ccc(Cl)c3c(NS(C)(=O)=O)nn(CC(F)(F)F)c23)c(C(Cc2cc(F)cc(F)c2)NC(=O)Cn2nc(C(F)(F)F)c3c2C(F)(F)[C@@H]2C[C@H]32)n1)S(C)(=O)=O.CS(=O)(=O)O. The van der Waals surface area contributed by atoms with Gasteiger partial charge in [-0.05, 0) is 74.4 Å². The number of hydrogen-bond donors (Lipinski definition) is 3. The van der Waals surface area contributed by atoms with Gasteiger partial charge in [0.1, 0.15) is 40.9 Å². The third-order valence-corrected chi connectivity index (χ3v) is 13.4. The molecule has 0 radical (unpaired) electrons. The van der Waals surface area contributed by atoms with Crippen molar-refractivity contribution in [3.63, 3.8) is 0 Å². The topological polar surface area (TPSA) is 212 Å². The van der Waals surface area contributed by atoms with Crippen LogP contribution >= 0.6 is 11.6 Å². The standard InChI is InChI=1S/C39H32ClF10N7O5S2.CH4O3S/c1-36(2,63(3,59)60)10-9-21-5-6-22(23-7-8-26(40)30-32(23)57(17-37(43,44)45)54-35(30)55-64(4,61)62)31(51-21)27(13-18-11-19(41)14-20(42)12-18)52-28(58)16-56-34-29(33(53-56)39(48,49)50)24-15-25(24)38(34,46)47;1-5(2,3)4/h5-8,11-12,14,24-25,27H,13,15-17H2,1-4H3,(H,52,58)(H,54,55);1H3,(H,2,3,4)/t24-,25+,27?;/m0./s1. The van der Waals surface area contributed by atoms with Crippen LogP contribution in [0.5, 0.6) is 0 Å². The van der Waals surface area contributed by atoms with Crippen molar-refractivity contribution in [2.45, 2.75) is 74.8 Å². The lowest BCUT2D eigenvalue weighted by Crippen LogP contribution is -2.35. The summed E-state index contributed by atoms with van der Waals surface area (Å²) in [6, 6.07) is 5.24. The summed E-state index contributed by atoms with van der Waals surface area (Å²) in [5, 5.41) is 9.01. The Balaban J connectivity index is 0.00000149. The number of nitrogens with one attached hydrogen (secondary N) is 2. The number of aromatic nitrogens is 5. The van der Waals surface area contributed by atoms with Gasteiger partial charge >= 0.3 is 12.4 Å². The lowest BCUT2D eigenvalue weighted by Gasteiger charge is -2.23. The van der Waals surface area contributed by atoms with Gasteiger partial charge in [-0.2, -0.15) is 53.7 Å². The van der Waals surface area contributed by atoms with Crippen LogP contribution in [0.25, 0.3) is 22.0 Å². The Morgan fingerprint density at radius 1 is 0.928 bits per heavy atom. The van der Waals surface area contributed by atoms with Crippen LogP contribution in [0, 0.1) is 29.4 Å². The highest BCUT2D eigenvalue weighted by atomic mass is 35.5. The molecule has 1 saturated carbocycles. The molecule has 0 aliphatic heterocycles. The van der Waals surface area contributed by atoms with Gasteiger partial charge in [0.15, 0.2) is 21.3 Å². The second kappa shape index (κ2) is 18.0. The molecule has 15 nitrogen and oxygen atoms in total. The minimum absolute atomic E-state index is 0.195. The minimum Gasteiger partial charge on any atom is -0.346 e. The summed E-state index contributed by atoms with van der Waals surface area (Å²) in [5.74, 6) is -5.43. The van der Waals surface area contributed by atoms with E-state index in [1.807, 2.05) is 4.72 Å². The van der Waals surface area contributed by atoms with E-state index in [0.717, 1.165) is 24.5 Å². The van der Waals surface area contributed by atoms with Crippen LogP contribution in [0.3, 0.4) is 0 Å². The predicted octanol–water partition coefficient (Wildman–Crippen LogP) is 7.17. The maximum atomic E-state index is 15.5. The Bertz CT molecular complexity index is 3280. The van der Waals surface area contributed by atoms with Gasteiger partial charge in [0.05, 0.1) is 40.2 Å². The first-order chi connectivity index (χ1) is 31.3. The Labute approximate surface area is 391 Å². The molecule has 5 aromatic rings. The van der Waals surface area contributed by atoms with Crippen LogP contribution in [0.15, 0.2) is 42.5 Å². The number of anilines is 1. The predicted molar refractivity (Wildman–Crippen MR) is 229 cm³/mol. The Kier molecular flexibility index (Phi) is 13.8. The van der Waals surface area contributed by atoms with Gasteiger partial charge in [0.25, 0.3) is 16.0 Å². The van der Waals surface area contributed by atoms with Crippen LogP contribution in [0.2, 0.25) is 5.02 Å². The number of benzene rings is 2. The maximum Gasteiger partial charge on any atom is 0.435 e. The molecule has 374 valence electrons. The number of rotatable bonds is 11.